The molecule has 0 aromatic heterocycles. The molecule has 0 aliphatic heterocycles. The molecule has 2 rings (SSSR count). The van der Waals surface area contributed by atoms with Crippen LogP contribution in [-0.2, 0) is 6.42 Å². The van der Waals surface area contributed by atoms with Crippen LogP contribution in [0.25, 0.3) is 12.2 Å². The van der Waals surface area contributed by atoms with Gasteiger partial charge in [-0.05, 0) is 34.6 Å². The molecule has 0 aliphatic carbocycles. The van der Waals surface area contributed by atoms with Gasteiger partial charge in [0.15, 0.2) is 0 Å². The Balaban J connectivity index is 2.08. The SMILES string of the molecule is C=Cc1ccc(CC(C)c2ccc(C=C)cc2)cc1. The van der Waals surface area contributed by atoms with Crippen molar-refractivity contribution in [2.45, 2.75) is 19.3 Å². The fourth-order valence-electron chi connectivity index (χ4n) is 2.22. The van der Waals surface area contributed by atoms with Crippen LogP contribution in [0.5, 0.6) is 0 Å². The molecule has 1 unspecified atom stereocenters. The minimum Gasteiger partial charge on any atom is -0.0985 e. The highest BCUT2D eigenvalue weighted by molar-refractivity contribution is 5.48. The summed E-state index contributed by atoms with van der Waals surface area (Å²) in [5.41, 5.74) is 5.09. The third-order valence-electron chi connectivity index (χ3n) is 3.50. The van der Waals surface area contributed by atoms with Gasteiger partial charge in [0.1, 0.15) is 0 Å². The normalized spacial score (nSPS) is 11.8. The Morgan fingerprint density at radius 2 is 1.32 bits per heavy atom. The van der Waals surface area contributed by atoms with E-state index in [-0.39, 0.29) is 0 Å². The zero-order valence-electron chi connectivity index (χ0n) is 11.5. The van der Waals surface area contributed by atoms with Crippen molar-refractivity contribution >= 4 is 12.2 Å². The van der Waals surface area contributed by atoms with Crippen molar-refractivity contribution in [3.8, 4) is 0 Å². The maximum Gasteiger partial charge on any atom is -0.0150 e. The largest absolute Gasteiger partial charge is 0.0985 e. The molecule has 0 radical (unpaired) electrons. The standard InChI is InChI=1S/C19H20/c1-4-16-6-8-18(9-7-16)14-15(3)19-12-10-17(5-2)11-13-19/h4-13,15H,1-2,14H2,3H3. The Kier molecular flexibility index (Phi) is 4.35. The van der Waals surface area contributed by atoms with E-state index in [9.17, 15) is 0 Å². The molecule has 0 saturated heterocycles. The van der Waals surface area contributed by atoms with Crippen LogP contribution in [0.4, 0.5) is 0 Å². The Morgan fingerprint density at radius 1 is 0.842 bits per heavy atom. The van der Waals surface area contributed by atoms with E-state index in [1.54, 1.807) is 0 Å². The molecule has 0 heterocycles. The average Bonchev–Trinajstić information content (AvgIpc) is 2.48. The summed E-state index contributed by atoms with van der Waals surface area (Å²) in [5, 5.41) is 0. The fourth-order valence-corrected chi connectivity index (χ4v) is 2.22. The van der Waals surface area contributed by atoms with Crippen LogP contribution in [0.15, 0.2) is 61.7 Å². The Hall–Kier alpha value is -2.08. The van der Waals surface area contributed by atoms with Crippen molar-refractivity contribution < 1.29 is 0 Å². The van der Waals surface area contributed by atoms with E-state index >= 15 is 0 Å². The van der Waals surface area contributed by atoms with Gasteiger partial charge in [0.2, 0.25) is 0 Å². The second-order valence-electron chi connectivity index (χ2n) is 4.92. The van der Waals surface area contributed by atoms with Gasteiger partial charge in [-0.25, -0.2) is 0 Å². The second-order valence-corrected chi connectivity index (χ2v) is 4.92. The highest BCUT2D eigenvalue weighted by Crippen LogP contribution is 2.21. The number of rotatable bonds is 5. The van der Waals surface area contributed by atoms with Gasteiger partial charge < -0.3 is 0 Å². The summed E-state index contributed by atoms with van der Waals surface area (Å²) >= 11 is 0. The Bertz CT molecular complexity index is 544. The first kappa shape index (κ1) is 13.4. The van der Waals surface area contributed by atoms with E-state index in [1.807, 2.05) is 12.2 Å². The van der Waals surface area contributed by atoms with Crippen LogP contribution in [-0.4, -0.2) is 0 Å². The number of hydrogen-bond acceptors (Lipinski definition) is 0. The third-order valence-corrected chi connectivity index (χ3v) is 3.50. The molecule has 0 nitrogen and oxygen atoms in total. The predicted molar refractivity (Wildman–Crippen MR) is 85.2 cm³/mol. The molecule has 0 heteroatoms. The van der Waals surface area contributed by atoms with Gasteiger partial charge in [-0.1, -0.05) is 80.8 Å². The first-order chi connectivity index (χ1) is 9.22. The summed E-state index contributed by atoms with van der Waals surface area (Å²) < 4.78 is 0. The molecule has 0 saturated carbocycles. The lowest BCUT2D eigenvalue weighted by atomic mass is 9.93. The van der Waals surface area contributed by atoms with Crippen LogP contribution in [0.3, 0.4) is 0 Å². The van der Waals surface area contributed by atoms with Crippen molar-refractivity contribution in [2.24, 2.45) is 0 Å². The third kappa shape index (κ3) is 3.45. The van der Waals surface area contributed by atoms with Gasteiger partial charge in [0.25, 0.3) is 0 Å². The topological polar surface area (TPSA) is 0 Å². The van der Waals surface area contributed by atoms with E-state index in [4.69, 9.17) is 0 Å². The van der Waals surface area contributed by atoms with Crippen molar-refractivity contribution in [3.63, 3.8) is 0 Å². The number of benzene rings is 2. The van der Waals surface area contributed by atoms with Crippen LogP contribution >= 0.6 is 0 Å². The summed E-state index contributed by atoms with van der Waals surface area (Å²) in [6.07, 6.45) is 4.81. The average molecular weight is 248 g/mol. The van der Waals surface area contributed by atoms with E-state index in [1.165, 1.54) is 22.3 Å². The van der Waals surface area contributed by atoms with Crippen LogP contribution in [0.2, 0.25) is 0 Å². The Labute approximate surface area is 116 Å². The van der Waals surface area contributed by atoms with Gasteiger partial charge in [0, 0.05) is 0 Å². The van der Waals surface area contributed by atoms with Crippen LogP contribution < -0.4 is 0 Å². The highest BCUT2D eigenvalue weighted by Gasteiger charge is 2.06. The van der Waals surface area contributed by atoms with Crippen molar-refractivity contribution in [1.82, 2.24) is 0 Å². The monoisotopic (exact) mass is 248 g/mol. The molecule has 2 aromatic carbocycles. The van der Waals surface area contributed by atoms with Gasteiger partial charge in [-0.3, -0.25) is 0 Å². The van der Waals surface area contributed by atoms with Crippen molar-refractivity contribution in [2.75, 3.05) is 0 Å². The lowest BCUT2D eigenvalue weighted by molar-refractivity contribution is 0.759. The summed E-state index contributed by atoms with van der Waals surface area (Å²) in [6, 6.07) is 17.3. The molecule has 0 amide bonds. The quantitative estimate of drug-likeness (QED) is 0.672. The second kappa shape index (κ2) is 6.19. The van der Waals surface area contributed by atoms with E-state index in [0.29, 0.717) is 5.92 Å². The molecule has 0 N–H and O–H groups in total. The summed E-state index contributed by atoms with van der Waals surface area (Å²) in [5.74, 6) is 0.522. The molecular formula is C19H20. The highest BCUT2D eigenvalue weighted by atomic mass is 14.1. The van der Waals surface area contributed by atoms with Crippen LogP contribution in [0.1, 0.15) is 35.1 Å². The summed E-state index contributed by atoms with van der Waals surface area (Å²) in [7, 11) is 0. The summed E-state index contributed by atoms with van der Waals surface area (Å²) in [4.78, 5) is 0. The number of hydrogen-bond donors (Lipinski definition) is 0. The smallest absolute Gasteiger partial charge is 0.0150 e. The summed E-state index contributed by atoms with van der Waals surface area (Å²) in [6.45, 7) is 9.83. The molecule has 0 bridgehead atoms. The van der Waals surface area contributed by atoms with Gasteiger partial charge in [0.05, 0.1) is 0 Å². The zero-order valence-corrected chi connectivity index (χ0v) is 11.5. The van der Waals surface area contributed by atoms with Crippen molar-refractivity contribution in [3.05, 3.63) is 83.9 Å². The fraction of sp³-hybridized carbons (Fsp3) is 0.158. The minimum absolute atomic E-state index is 0.522. The lowest BCUT2D eigenvalue weighted by Gasteiger charge is -2.12. The van der Waals surface area contributed by atoms with Crippen molar-refractivity contribution in [1.29, 1.82) is 0 Å². The molecule has 1 atom stereocenters. The molecule has 0 spiro atoms. The van der Waals surface area contributed by atoms with E-state index < -0.39 is 0 Å². The first-order valence-corrected chi connectivity index (χ1v) is 6.66. The molecule has 0 fully saturated rings. The maximum absolute atomic E-state index is 3.78. The predicted octanol–water partition coefficient (Wildman–Crippen LogP) is 5.32. The van der Waals surface area contributed by atoms with Gasteiger partial charge in [-0.15, -0.1) is 0 Å². The first-order valence-electron chi connectivity index (χ1n) is 6.66. The van der Waals surface area contributed by atoms with E-state index in [2.05, 4.69) is 68.6 Å². The minimum atomic E-state index is 0.522. The van der Waals surface area contributed by atoms with Gasteiger partial charge >= 0.3 is 0 Å². The molecular weight excluding hydrogens is 228 g/mol. The maximum atomic E-state index is 3.78. The van der Waals surface area contributed by atoms with E-state index in [0.717, 1.165) is 6.42 Å². The molecule has 2 aromatic rings. The zero-order chi connectivity index (χ0) is 13.7. The van der Waals surface area contributed by atoms with Gasteiger partial charge in [-0.2, -0.15) is 0 Å². The molecule has 19 heavy (non-hydrogen) atoms. The molecule has 0 aliphatic rings. The molecule has 96 valence electrons. The Morgan fingerprint density at radius 3 is 1.79 bits per heavy atom. The lowest BCUT2D eigenvalue weighted by Crippen LogP contribution is -1.98. The van der Waals surface area contributed by atoms with Crippen LogP contribution in [0, 0.1) is 0 Å².